The Bertz CT molecular complexity index is 438. The van der Waals surface area contributed by atoms with Gasteiger partial charge in [-0.3, -0.25) is 4.79 Å². The molecule has 0 heterocycles. The van der Waals surface area contributed by atoms with E-state index in [2.05, 4.69) is 17.5 Å². The minimum Gasteiger partial charge on any atom is -0.378 e. The van der Waals surface area contributed by atoms with Gasteiger partial charge >= 0.3 is 0 Å². The summed E-state index contributed by atoms with van der Waals surface area (Å²) < 4.78 is 0. The number of amides is 1. The average molecular weight is 289 g/mol. The first-order chi connectivity index (χ1) is 10.1. The number of carbonyl (C=O) groups excluding carboxylic acids is 1. The Balaban J connectivity index is 2.25. The zero-order chi connectivity index (χ0) is 15.5. The van der Waals surface area contributed by atoms with Crippen LogP contribution in [0.4, 0.5) is 5.69 Å². The smallest absolute Gasteiger partial charge is 0.240 e. The third-order valence-corrected chi connectivity index (χ3v) is 3.32. The van der Waals surface area contributed by atoms with E-state index in [-0.39, 0.29) is 5.91 Å². The van der Waals surface area contributed by atoms with Crippen molar-refractivity contribution in [2.75, 3.05) is 19.0 Å². The molecule has 0 radical (unpaired) electrons. The van der Waals surface area contributed by atoms with Crippen LogP contribution < -0.4 is 10.3 Å². The summed E-state index contributed by atoms with van der Waals surface area (Å²) in [5, 5.41) is 3.99. The van der Waals surface area contributed by atoms with Crippen molar-refractivity contribution >= 4 is 17.8 Å². The highest BCUT2D eigenvalue weighted by atomic mass is 16.2. The summed E-state index contributed by atoms with van der Waals surface area (Å²) >= 11 is 0. The zero-order valence-electron chi connectivity index (χ0n) is 13.4. The third kappa shape index (κ3) is 7.49. The fraction of sp³-hybridized carbons (Fsp3) is 0.529. The van der Waals surface area contributed by atoms with Crippen LogP contribution in [-0.4, -0.2) is 26.2 Å². The first kappa shape index (κ1) is 17.2. The van der Waals surface area contributed by atoms with Crippen molar-refractivity contribution in [3.63, 3.8) is 0 Å². The van der Waals surface area contributed by atoms with Gasteiger partial charge in [0.05, 0.1) is 6.21 Å². The number of rotatable bonds is 9. The maximum Gasteiger partial charge on any atom is 0.240 e. The number of hydrazone groups is 1. The Hall–Kier alpha value is -1.84. The van der Waals surface area contributed by atoms with Crippen LogP contribution in [0.3, 0.4) is 0 Å². The predicted molar refractivity (Wildman–Crippen MR) is 89.9 cm³/mol. The molecule has 0 aliphatic heterocycles. The monoisotopic (exact) mass is 289 g/mol. The molecule has 0 aliphatic carbocycles. The van der Waals surface area contributed by atoms with Crippen LogP contribution in [-0.2, 0) is 4.79 Å². The van der Waals surface area contributed by atoms with E-state index in [0.29, 0.717) is 6.42 Å². The van der Waals surface area contributed by atoms with Crippen LogP contribution >= 0.6 is 0 Å². The van der Waals surface area contributed by atoms with Gasteiger partial charge in [0.1, 0.15) is 0 Å². The lowest BCUT2D eigenvalue weighted by Crippen LogP contribution is -2.16. The van der Waals surface area contributed by atoms with Gasteiger partial charge in [0.15, 0.2) is 0 Å². The van der Waals surface area contributed by atoms with E-state index in [0.717, 1.165) is 24.1 Å². The van der Waals surface area contributed by atoms with Crippen molar-refractivity contribution in [2.24, 2.45) is 5.10 Å². The van der Waals surface area contributed by atoms with E-state index in [4.69, 9.17) is 0 Å². The van der Waals surface area contributed by atoms with Crippen molar-refractivity contribution in [1.82, 2.24) is 5.43 Å². The Morgan fingerprint density at radius 1 is 1.14 bits per heavy atom. The Morgan fingerprint density at radius 3 is 2.43 bits per heavy atom. The largest absolute Gasteiger partial charge is 0.378 e. The molecule has 4 nitrogen and oxygen atoms in total. The van der Waals surface area contributed by atoms with Gasteiger partial charge in [0.25, 0.3) is 0 Å². The van der Waals surface area contributed by atoms with Crippen molar-refractivity contribution < 1.29 is 4.79 Å². The number of hydrogen-bond acceptors (Lipinski definition) is 3. The van der Waals surface area contributed by atoms with Crippen LogP contribution in [0.15, 0.2) is 29.4 Å². The molecule has 0 aliphatic rings. The summed E-state index contributed by atoms with van der Waals surface area (Å²) in [6, 6.07) is 8.01. The van der Waals surface area contributed by atoms with Crippen LogP contribution in [0, 0.1) is 0 Å². The summed E-state index contributed by atoms with van der Waals surface area (Å²) in [5.74, 6) is -0.00680. The molecule has 1 N–H and O–H groups in total. The van der Waals surface area contributed by atoms with Gasteiger partial charge in [-0.2, -0.15) is 5.10 Å². The van der Waals surface area contributed by atoms with Gasteiger partial charge in [-0.25, -0.2) is 5.43 Å². The molecule has 0 spiro atoms. The lowest BCUT2D eigenvalue weighted by atomic mass is 10.1. The lowest BCUT2D eigenvalue weighted by Gasteiger charge is -2.11. The summed E-state index contributed by atoms with van der Waals surface area (Å²) in [6.45, 7) is 2.19. The molecule has 0 saturated carbocycles. The third-order valence-electron chi connectivity index (χ3n) is 3.32. The second-order valence-corrected chi connectivity index (χ2v) is 5.44. The minimum atomic E-state index is -0.00680. The van der Waals surface area contributed by atoms with Gasteiger partial charge < -0.3 is 4.90 Å². The fourth-order valence-electron chi connectivity index (χ4n) is 1.98. The molecule has 0 fully saturated rings. The molecule has 1 aromatic carbocycles. The molecule has 0 saturated heterocycles. The lowest BCUT2D eigenvalue weighted by molar-refractivity contribution is -0.121. The van der Waals surface area contributed by atoms with Crippen LogP contribution in [0.1, 0.15) is 51.0 Å². The number of carbonyl (C=O) groups is 1. The quantitative estimate of drug-likeness (QED) is 0.429. The molecule has 21 heavy (non-hydrogen) atoms. The molecular weight excluding hydrogens is 262 g/mol. The highest BCUT2D eigenvalue weighted by molar-refractivity contribution is 5.82. The van der Waals surface area contributed by atoms with E-state index in [1.807, 2.05) is 43.3 Å². The van der Waals surface area contributed by atoms with Crippen molar-refractivity contribution in [2.45, 2.75) is 45.4 Å². The summed E-state index contributed by atoms with van der Waals surface area (Å²) in [7, 11) is 4.01. The highest BCUT2D eigenvalue weighted by Crippen LogP contribution is 2.10. The SMILES string of the molecule is CCCCCCCC(=O)N/N=C\c1ccc(N(C)C)cc1. The Labute approximate surface area is 128 Å². The molecule has 1 aromatic rings. The van der Waals surface area contributed by atoms with Gasteiger partial charge in [-0.05, 0) is 24.1 Å². The fourth-order valence-corrected chi connectivity index (χ4v) is 1.98. The molecule has 1 rings (SSSR count). The minimum absolute atomic E-state index is 0.00680. The first-order valence-electron chi connectivity index (χ1n) is 7.72. The second-order valence-electron chi connectivity index (χ2n) is 5.44. The summed E-state index contributed by atoms with van der Waals surface area (Å²) in [6.07, 6.45) is 7.99. The standard InChI is InChI=1S/C17H27N3O/c1-4-5-6-7-8-9-17(21)19-18-14-15-10-12-16(13-11-15)20(2)3/h10-14H,4-9H2,1-3H3,(H,19,21)/b18-14-. The Morgan fingerprint density at radius 2 is 1.81 bits per heavy atom. The molecular formula is C17H27N3O. The van der Waals surface area contributed by atoms with E-state index >= 15 is 0 Å². The number of hydrogen-bond donors (Lipinski definition) is 1. The summed E-state index contributed by atoms with van der Waals surface area (Å²) in [5.41, 5.74) is 4.70. The van der Waals surface area contributed by atoms with E-state index < -0.39 is 0 Å². The van der Waals surface area contributed by atoms with Gasteiger partial charge in [-0.1, -0.05) is 44.7 Å². The van der Waals surface area contributed by atoms with Crippen molar-refractivity contribution in [3.05, 3.63) is 29.8 Å². The maximum atomic E-state index is 11.6. The predicted octanol–water partition coefficient (Wildman–Crippen LogP) is 3.56. The number of unbranched alkanes of at least 4 members (excludes halogenated alkanes) is 4. The number of anilines is 1. The molecule has 0 unspecified atom stereocenters. The van der Waals surface area contributed by atoms with Gasteiger partial charge in [-0.15, -0.1) is 0 Å². The molecule has 0 bridgehead atoms. The first-order valence-corrected chi connectivity index (χ1v) is 7.72. The van der Waals surface area contributed by atoms with Gasteiger partial charge in [0.2, 0.25) is 5.91 Å². The molecule has 1 amide bonds. The van der Waals surface area contributed by atoms with E-state index in [1.165, 1.54) is 19.3 Å². The second kappa shape index (κ2) is 9.97. The number of nitrogens with zero attached hydrogens (tertiary/aromatic N) is 2. The topological polar surface area (TPSA) is 44.7 Å². The average Bonchev–Trinajstić information content (AvgIpc) is 2.47. The van der Waals surface area contributed by atoms with Crippen LogP contribution in [0.5, 0.6) is 0 Å². The Kier molecular flexibility index (Phi) is 8.17. The van der Waals surface area contributed by atoms with E-state index in [1.54, 1.807) is 6.21 Å². The van der Waals surface area contributed by atoms with Crippen molar-refractivity contribution in [3.8, 4) is 0 Å². The summed E-state index contributed by atoms with van der Waals surface area (Å²) in [4.78, 5) is 13.6. The molecule has 0 atom stereocenters. The van der Waals surface area contributed by atoms with Crippen LogP contribution in [0.25, 0.3) is 0 Å². The normalized spacial score (nSPS) is 10.8. The molecule has 0 aromatic heterocycles. The van der Waals surface area contributed by atoms with Gasteiger partial charge in [0, 0.05) is 26.2 Å². The van der Waals surface area contributed by atoms with Crippen molar-refractivity contribution in [1.29, 1.82) is 0 Å². The number of nitrogens with one attached hydrogen (secondary N) is 1. The number of benzene rings is 1. The van der Waals surface area contributed by atoms with E-state index in [9.17, 15) is 4.79 Å². The highest BCUT2D eigenvalue weighted by Gasteiger charge is 1.99. The zero-order valence-corrected chi connectivity index (χ0v) is 13.4. The van der Waals surface area contributed by atoms with Crippen LogP contribution in [0.2, 0.25) is 0 Å². The molecule has 116 valence electrons. The maximum absolute atomic E-state index is 11.6. The molecule has 4 heteroatoms.